The second-order valence-corrected chi connectivity index (χ2v) is 9.01. The van der Waals surface area contributed by atoms with Gasteiger partial charge in [0.2, 0.25) is 0 Å². The van der Waals surface area contributed by atoms with Crippen molar-refractivity contribution in [3.63, 3.8) is 0 Å². The number of ether oxygens (including phenoxy) is 1. The summed E-state index contributed by atoms with van der Waals surface area (Å²) in [6.07, 6.45) is -3.29. The average Bonchev–Trinajstić information content (AvgIpc) is 3.29. The molecule has 3 aromatic carbocycles. The molecule has 0 aliphatic heterocycles. The first-order valence-corrected chi connectivity index (χ1v) is 11.0. The lowest BCUT2D eigenvalue weighted by Gasteiger charge is -2.23. The molecular weight excluding hydrogens is 471 g/mol. The van der Waals surface area contributed by atoms with Crippen molar-refractivity contribution in [2.75, 3.05) is 10.6 Å². The third-order valence-electron chi connectivity index (χ3n) is 5.21. The van der Waals surface area contributed by atoms with Crippen LogP contribution >= 0.6 is 0 Å². The summed E-state index contributed by atoms with van der Waals surface area (Å²) in [5.74, 6) is 0.0985. The molecule has 1 heterocycles. The van der Waals surface area contributed by atoms with Gasteiger partial charge in [0.15, 0.2) is 5.82 Å². The van der Waals surface area contributed by atoms with Crippen LogP contribution in [0.15, 0.2) is 79.1 Å². The van der Waals surface area contributed by atoms with E-state index < -0.39 is 6.36 Å². The topological polar surface area (TPSA) is 81.1 Å². The highest BCUT2D eigenvalue weighted by atomic mass is 19.4. The number of benzene rings is 3. The van der Waals surface area contributed by atoms with E-state index in [4.69, 9.17) is 0 Å². The van der Waals surface area contributed by atoms with Crippen LogP contribution in [0.5, 0.6) is 5.75 Å². The van der Waals surface area contributed by atoms with Gasteiger partial charge in [-0.2, -0.15) is 0 Å². The number of nitrogens with zero attached hydrogens (tertiary/aromatic N) is 3. The lowest BCUT2D eigenvalue weighted by Crippen LogP contribution is -2.22. The van der Waals surface area contributed by atoms with Crippen molar-refractivity contribution in [1.29, 1.82) is 0 Å². The van der Waals surface area contributed by atoms with Crippen LogP contribution in [0, 0.1) is 0 Å². The van der Waals surface area contributed by atoms with E-state index in [0.29, 0.717) is 22.8 Å². The number of amides is 2. The van der Waals surface area contributed by atoms with E-state index in [9.17, 15) is 18.0 Å². The minimum Gasteiger partial charge on any atom is -0.406 e. The minimum atomic E-state index is -4.75. The van der Waals surface area contributed by atoms with Crippen molar-refractivity contribution in [3.05, 3.63) is 84.7 Å². The van der Waals surface area contributed by atoms with Crippen molar-refractivity contribution in [2.24, 2.45) is 0 Å². The number of alkyl halides is 3. The Morgan fingerprint density at radius 3 is 2.19 bits per heavy atom. The third-order valence-corrected chi connectivity index (χ3v) is 5.21. The number of urea groups is 1. The first kappa shape index (κ1) is 24.8. The van der Waals surface area contributed by atoms with Crippen molar-refractivity contribution in [2.45, 2.75) is 32.5 Å². The van der Waals surface area contributed by atoms with Crippen molar-refractivity contribution in [3.8, 4) is 22.8 Å². The standard InChI is InChI=1S/C26H24F3N5O2/c1-25(2,3)21-6-4-5-7-22(21)32-24(35)31-18-10-8-17(9-11-18)23-30-16-34(33-23)19-12-14-20(15-13-19)36-26(27,28)29/h4-16H,1-3H3,(H2,31,32,35). The zero-order valence-electron chi connectivity index (χ0n) is 19.8. The second kappa shape index (κ2) is 9.73. The summed E-state index contributed by atoms with van der Waals surface area (Å²) in [5.41, 5.74) is 3.46. The zero-order valence-corrected chi connectivity index (χ0v) is 19.8. The van der Waals surface area contributed by atoms with Crippen LogP contribution in [-0.2, 0) is 5.41 Å². The molecule has 36 heavy (non-hydrogen) atoms. The fourth-order valence-electron chi connectivity index (χ4n) is 3.55. The van der Waals surface area contributed by atoms with Gasteiger partial charge < -0.3 is 15.4 Å². The maximum atomic E-state index is 12.6. The lowest BCUT2D eigenvalue weighted by molar-refractivity contribution is -0.274. The average molecular weight is 496 g/mol. The monoisotopic (exact) mass is 495 g/mol. The largest absolute Gasteiger partial charge is 0.573 e. The Morgan fingerprint density at radius 2 is 1.56 bits per heavy atom. The Labute approximate surface area is 205 Å². The number of halogens is 3. The molecule has 0 saturated heterocycles. The highest BCUT2D eigenvalue weighted by Crippen LogP contribution is 2.29. The molecule has 0 aliphatic rings. The van der Waals surface area contributed by atoms with Crippen LogP contribution in [0.1, 0.15) is 26.3 Å². The molecule has 7 nitrogen and oxygen atoms in total. The predicted molar refractivity (Wildman–Crippen MR) is 131 cm³/mol. The second-order valence-electron chi connectivity index (χ2n) is 9.01. The number of nitrogens with one attached hydrogen (secondary N) is 2. The molecule has 0 bridgehead atoms. The highest BCUT2D eigenvalue weighted by Gasteiger charge is 2.31. The number of anilines is 2. The Bertz CT molecular complexity index is 1340. The van der Waals surface area contributed by atoms with Crippen LogP contribution in [-0.4, -0.2) is 27.2 Å². The number of hydrogen-bond donors (Lipinski definition) is 2. The molecule has 10 heteroatoms. The molecule has 0 fully saturated rings. The van der Waals surface area contributed by atoms with Gasteiger partial charge in [-0.05, 0) is 65.6 Å². The molecule has 0 radical (unpaired) electrons. The lowest BCUT2D eigenvalue weighted by atomic mass is 9.86. The van der Waals surface area contributed by atoms with Gasteiger partial charge >= 0.3 is 12.4 Å². The number of aromatic nitrogens is 3. The van der Waals surface area contributed by atoms with Crippen LogP contribution in [0.2, 0.25) is 0 Å². The van der Waals surface area contributed by atoms with Gasteiger partial charge in [-0.1, -0.05) is 39.0 Å². The van der Waals surface area contributed by atoms with Gasteiger partial charge in [0, 0.05) is 16.9 Å². The zero-order chi connectivity index (χ0) is 25.9. The van der Waals surface area contributed by atoms with Gasteiger partial charge in [0.1, 0.15) is 12.1 Å². The number of carbonyl (C=O) groups excluding carboxylic acids is 1. The molecule has 0 aliphatic carbocycles. The summed E-state index contributed by atoms with van der Waals surface area (Å²) in [5, 5.41) is 10.1. The molecule has 1 aromatic heterocycles. The van der Waals surface area contributed by atoms with E-state index in [0.717, 1.165) is 11.3 Å². The van der Waals surface area contributed by atoms with E-state index in [2.05, 4.69) is 46.2 Å². The van der Waals surface area contributed by atoms with E-state index in [-0.39, 0.29) is 17.2 Å². The van der Waals surface area contributed by atoms with Crippen LogP contribution in [0.3, 0.4) is 0 Å². The quantitative estimate of drug-likeness (QED) is 0.320. The fraction of sp³-hybridized carbons (Fsp3) is 0.192. The van der Waals surface area contributed by atoms with E-state index in [1.807, 2.05) is 24.3 Å². The smallest absolute Gasteiger partial charge is 0.406 e. The molecular formula is C26H24F3N5O2. The molecule has 0 atom stereocenters. The van der Waals surface area contributed by atoms with E-state index >= 15 is 0 Å². The van der Waals surface area contributed by atoms with Gasteiger partial charge in [0.05, 0.1) is 5.69 Å². The summed E-state index contributed by atoms with van der Waals surface area (Å²) in [6.45, 7) is 6.24. The predicted octanol–water partition coefficient (Wildman–Crippen LogP) is 6.77. The molecule has 0 unspecified atom stereocenters. The number of hydrogen-bond acceptors (Lipinski definition) is 4. The van der Waals surface area contributed by atoms with Crippen LogP contribution < -0.4 is 15.4 Å². The van der Waals surface area contributed by atoms with Crippen molar-refractivity contribution in [1.82, 2.24) is 14.8 Å². The Kier molecular flexibility index (Phi) is 6.69. The summed E-state index contributed by atoms with van der Waals surface area (Å²) in [6, 6.07) is 19.6. The summed E-state index contributed by atoms with van der Waals surface area (Å²) < 4.78 is 42.3. The number of carbonyl (C=O) groups is 1. The van der Waals surface area contributed by atoms with Gasteiger partial charge in [-0.3, -0.25) is 0 Å². The minimum absolute atomic E-state index is 0.124. The molecule has 4 aromatic rings. The van der Waals surface area contributed by atoms with E-state index in [1.54, 1.807) is 24.3 Å². The normalized spacial score (nSPS) is 11.7. The highest BCUT2D eigenvalue weighted by molar-refractivity contribution is 6.00. The maximum Gasteiger partial charge on any atom is 0.573 e. The first-order chi connectivity index (χ1) is 17.0. The molecule has 2 N–H and O–H groups in total. The van der Waals surface area contributed by atoms with Crippen LogP contribution in [0.25, 0.3) is 17.1 Å². The molecule has 0 spiro atoms. The first-order valence-electron chi connectivity index (χ1n) is 11.0. The Morgan fingerprint density at radius 1 is 0.889 bits per heavy atom. The summed E-state index contributed by atoms with van der Waals surface area (Å²) in [7, 11) is 0. The maximum absolute atomic E-state index is 12.6. The molecule has 4 rings (SSSR count). The number of rotatable bonds is 5. The SMILES string of the molecule is CC(C)(C)c1ccccc1NC(=O)Nc1ccc(-c2ncn(-c3ccc(OC(F)(F)F)cc3)n2)cc1. The van der Waals surface area contributed by atoms with Gasteiger partial charge in [-0.15, -0.1) is 18.3 Å². The number of para-hydroxylation sites is 1. The Hall–Kier alpha value is -4.34. The molecule has 2 amide bonds. The molecule has 0 saturated carbocycles. The Balaban J connectivity index is 1.41. The van der Waals surface area contributed by atoms with Gasteiger partial charge in [-0.25, -0.2) is 14.5 Å². The van der Waals surface area contributed by atoms with Crippen molar-refractivity contribution >= 4 is 17.4 Å². The molecule has 186 valence electrons. The fourth-order valence-corrected chi connectivity index (χ4v) is 3.55. The van der Waals surface area contributed by atoms with E-state index in [1.165, 1.54) is 35.3 Å². The summed E-state index contributed by atoms with van der Waals surface area (Å²) >= 11 is 0. The van der Waals surface area contributed by atoms with Crippen molar-refractivity contribution < 1.29 is 22.7 Å². The third kappa shape index (κ3) is 6.21. The van der Waals surface area contributed by atoms with Gasteiger partial charge in [0.25, 0.3) is 0 Å². The summed E-state index contributed by atoms with van der Waals surface area (Å²) in [4.78, 5) is 16.8. The van der Waals surface area contributed by atoms with Crippen LogP contribution in [0.4, 0.5) is 29.3 Å².